The molecule has 2 rings (SSSR count). The van der Waals surface area contributed by atoms with Gasteiger partial charge in [0.1, 0.15) is 5.92 Å². The summed E-state index contributed by atoms with van der Waals surface area (Å²) in [7, 11) is 0. The lowest BCUT2D eigenvalue weighted by Crippen LogP contribution is -2.54. The topological polar surface area (TPSA) is 75.4 Å². The third-order valence-electron chi connectivity index (χ3n) is 4.77. The summed E-state index contributed by atoms with van der Waals surface area (Å²) in [6.07, 6.45) is 1.33. The molecule has 1 heterocycles. The van der Waals surface area contributed by atoms with E-state index in [1.807, 2.05) is 32.9 Å². The van der Waals surface area contributed by atoms with Crippen molar-refractivity contribution in [2.24, 2.45) is 17.6 Å². The fourth-order valence-electron chi connectivity index (χ4n) is 3.76. The number of hydrogen-bond acceptors (Lipinski definition) is 3. The van der Waals surface area contributed by atoms with Gasteiger partial charge in [-0.1, -0.05) is 19.9 Å². The molecule has 1 aliphatic heterocycles. The molecule has 5 nitrogen and oxygen atoms in total. The number of aryl methyl sites for hydroxylation is 2. The van der Waals surface area contributed by atoms with Crippen LogP contribution >= 0.6 is 0 Å². The summed E-state index contributed by atoms with van der Waals surface area (Å²) in [5, 5.41) is 3.03. The molecule has 0 aliphatic carbocycles. The van der Waals surface area contributed by atoms with Gasteiger partial charge in [-0.25, -0.2) is 0 Å². The predicted molar refractivity (Wildman–Crippen MR) is 101 cm³/mol. The Morgan fingerprint density at radius 3 is 2.44 bits per heavy atom. The summed E-state index contributed by atoms with van der Waals surface area (Å²) in [5.41, 5.74) is 8.51. The molecule has 2 amide bonds. The SMILES string of the molecule is Cc1cc(C)cc(N2CCC(C(=O)NC(C)(CN)CC(C)C)C2=O)c1. The van der Waals surface area contributed by atoms with Crippen LogP contribution in [0.5, 0.6) is 0 Å². The third kappa shape index (κ3) is 4.60. The van der Waals surface area contributed by atoms with Crippen LogP contribution < -0.4 is 16.0 Å². The number of carbonyl (C=O) groups excluding carboxylic acids is 2. The number of rotatable bonds is 6. The molecule has 1 aromatic carbocycles. The van der Waals surface area contributed by atoms with Gasteiger partial charge in [0, 0.05) is 24.3 Å². The number of nitrogens with two attached hydrogens (primary N) is 1. The minimum atomic E-state index is -0.626. The smallest absolute Gasteiger partial charge is 0.239 e. The monoisotopic (exact) mass is 345 g/mol. The Morgan fingerprint density at radius 1 is 1.32 bits per heavy atom. The first kappa shape index (κ1) is 19.4. The molecule has 1 aromatic rings. The Bertz CT molecular complexity index is 636. The zero-order valence-electron chi connectivity index (χ0n) is 16.1. The van der Waals surface area contributed by atoms with E-state index in [4.69, 9.17) is 5.73 Å². The highest BCUT2D eigenvalue weighted by Gasteiger charge is 2.40. The van der Waals surface area contributed by atoms with E-state index in [9.17, 15) is 9.59 Å². The fourth-order valence-corrected chi connectivity index (χ4v) is 3.76. The maximum absolute atomic E-state index is 12.8. The van der Waals surface area contributed by atoms with Crippen molar-refractivity contribution in [3.05, 3.63) is 29.3 Å². The van der Waals surface area contributed by atoms with Gasteiger partial charge < -0.3 is 16.0 Å². The number of hydrogen-bond donors (Lipinski definition) is 2. The fraction of sp³-hybridized carbons (Fsp3) is 0.600. The second kappa shape index (κ2) is 7.56. The molecule has 3 N–H and O–H groups in total. The van der Waals surface area contributed by atoms with Gasteiger partial charge in [0.15, 0.2) is 0 Å². The second-order valence-corrected chi connectivity index (χ2v) is 8.03. The first-order chi connectivity index (χ1) is 11.6. The van der Waals surface area contributed by atoms with Crippen molar-refractivity contribution in [1.29, 1.82) is 0 Å². The number of benzene rings is 1. The normalized spacial score (nSPS) is 20.0. The summed E-state index contributed by atoms with van der Waals surface area (Å²) in [5.74, 6) is -0.532. The summed E-state index contributed by atoms with van der Waals surface area (Å²) in [6.45, 7) is 11.1. The van der Waals surface area contributed by atoms with Crippen molar-refractivity contribution in [1.82, 2.24) is 5.32 Å². The third-order valence-corrected chi connectivity index (χ3v) is 4.77. The molecule has 2 atom stereocenters. The Labute approximate surface area is 151 Å². The highest BCUT2D eigenvalue weighted by molar-refractivity contribution is 6.09. The van der Waals surface area contributed by atoms with Gasteiger partial charge in [-0.15, -0.1) is 0 Å². The summed E-state index contributed by atoms with van der Waals surface area (Å²) >= 11 is 0. The predicted octanol–water partition coefficient (Wildman–Crippen LogP) is 2.54. The van der Waals surface area contributed by atoms with Crippen LogP contribution in [0.15, 0.2) is 18.2 Å². The maximum atomic E-state index is 12.8. The molecular weight excluding hydrogens is 314 g/mol. The molecule has 0 aromatic heterocycles. The van der Waals surface area contributed by atoms with Gasteiger partial charge in [-0.2, -0.15) is 0 Å². The number of carbonyl (C=O) groups is 2. The Balaban J connectivity index is 2.11. The van der Waals surface area contributed by atoms with Crippen LogP contribution in [0.25, 0.3) is 0 Å². The number of anilines is 1. The van der Waals surface area contributed by atoms with Gasteiger partial charge >= 0.3 is 0 Å². The van der Waals surface area contributed by atoms with Crippen molar-refractivity contribution < 1.29 is 9.59 Å². The largest absolute Gasteiger partial charge is 0.349 e. The highest BCUT2D eigenvalue weighted by atomic mass is 16.2. The Morgan fingerprint density at radius 2 is 1.92 bits per heavy atom. The summed E-state index contributed by atoms with van der Waals surface area (Å²) in [4.78, 5) is 27.2. The van der Waals surface area contributed by atoms with Crippen LogP contribution in [-0.2, 0) is 9.59 Å². The number of nitrogens with one attached hydrogen (secondary N) is 1. The Hall–Kier alpha value is -1.88. The van der Waals surface area contributed by atoms with E-state index in [0.717, 1.165) is 23.2 Å². The zero-order chi connectivity index (χ0) is 18.8. The van der Waals surface area contributed by atoms with Crippen molar-refractivity contribution in [2.75, 3.05) is 18.0 Å². The summed E-state index contributed by atoms with van der Waals surface area (Å²) in [6, 6.07) is 6.06. The molecule has 0 bridgehead atoms. The molecule has 5 heteroatoms. The first-order valence-electron chi connectivity index (χ1n) is 9.07. The van der Waals surface area contributed by atoms with Crippen LogP contribution in [0, 0.1) is 25.7 Å². The van der Waals surface area contributed by atoms with E-state index in [1.165, 1.54) is 0 Å². The standard InChI is InChI=1S/C20H31N3O2/c1-13(2)11-20(5,12-21)22-18(24)17-6-7-23(19(17)25)16-9-14(3)8-15(4)10-16/h8-10,13,17H,6-7,11-12,21H2,1-5H3,(H,22,24). The minimum Gasteiger partial charge on any atom is -0.349 e. The maximum Gasteiger partial charge on any atom is 0.239 e. The molecule has 0 saturated carbocycles. The first-order valence-corrected chi connectivity index (χ1v) is 9.07. The molecular formula is C20H31N3O2. The van der Waals surface area contributed by atoms with Crippen molar-refractivity contribution in [2.45, 2.75) is 53.0 Å². The van der Waals surface area contributed by atoms with Crippen LogP contribution in [0.4, 0.5) is 5.69 Å². The molecule has 25 heavy (non-hydrogen) atoms. The molecule has 1 fully saturated rings. The summed E-state index contributed by atoms with van der Waals surface area (Å²) < 4.78 is 0. The van der Waals surface area contributed by atoms with E-state index < -0.39 is 11.5 Å². The van der Waals surface area contributed by atoms with Gasteiger partial charge in [-0.05, 0) is 62.8 Å². The van der Waals surface area contributed by atoms with Crippen LogP contribution in [-0.4, -0.2) is 30.4 Å². The van der Waals surface area contributed by atoms with Crippen molar-refractivity contribution in [3.8, 4) is 0 Å². The molecule has 1 saturated heterocycles. The second-order valence-electron chi connectivity index (χ2n) is 8.03. The molecule has 0 spiro atoms. The Kier molecular flexibility index (Phi) is 5.88. The van der Waals surface area contributed by atoms with E-state index in [1.54, 1.807) is 4.90 Å². The van der Waals surface area contributed by atoms with E-state index >= 15 is 0 Å². The average Bonchev–Trinajstić information content (AvgIpc) is 2.87. The van der Waals surface area contributed by atoms with Crippen molar-refractivity contribution >= 4 is 17.5 Å². The lowest BCUT2D eigenvalue weighted by Gasteiger charge is -2.32. The van der Waals surface area contributed by atoms with Gasteiger partial charge in [0.2, 0.25) is 11.8 Å². The number of amides is 2. The number of nitrogens with zero attached hydrogens (tertiary/aromatic N) is 1. The molecule has 0 radical (unpaired) electrons. The molecule has 138 valence electrons. The van der Waals surface area contributed by atoms with E-state index in [2.05, 4.69) is 25.2 Å². The minimum absolute atomic E-state index is 0.119. The molecule has 2 unspecified atom stereocenters. The zero-order valence-corrected chi connectivity index (χ0v) is 16.1. The van der Waals surface area contributed by atoms with Crippen LogP contribution in [0.1, 0.15) is 44.7 Å². The van der Waals surface area contributed by atoms with Gasteiger partial charge in [-0.3, -0.25) is 9.59 Å². The van der Waals surface area contributed by atoms with Crippen molar-refractivity contribution in [3.63, 3.8) is 0 Å². The lowest BCUT2D eigenvalue weighted by molar-refractivity contribution is -0.133. The van der Waals surface area contributed by atoms with Gasteiger partial charge in [0.05, 0.1) is 0 Å². The molecule has 1 aliphatic rings. The lowest BCUT2D eigenvalue weighted by atomic mass is 9.90. The van der Waals surface area contributed by atoms with E-state index in [0.29, 0.717) is 25.4 Å². The quantitative estimate of drug-likeness (QED) is 0.778. The van der Waals surface area contributed by atoms with E-state index in [-0.39, 0.29) is 11.8 Å². The average molecular weight is 345 g/mol. The highest BCUT2D eigenvalue weighted by Crippen LogP contribution is 2.28. The van der Waals surface area contributed by atoms with Crippen LogP contribution in [0.2, 0.25) is 0 Å². The van der Waals surface area contributed by atoms with Gasteiger partial charge in [0.25, 0.3) is 0 Å². The van der Waals surface area contributed by atoms with Crippen LogP contribution in [0.3, 0.4) is 0 Å².